The molecule has 0 aliphatic carbocycles. The Morgan fingerprint density at radius 3 is 2.69 bits per heavy atom. The highest BCUT2D eigenvalue weighted by Gasteiger charge is 2.13. The van der Waals surface area contributed by atoms with Crippen molar-refractivity contribution >= 4 is 6.21 Å². The number of hydrogen-bond acceptors (Lipinski definition) is 2. The molecular weight excluding hydrogens is 167 g/mol. The van der Waals surface area contributed by atoms with Crippen molar-refractivity contribution in [2.75, 3.05) is 7.05 Å². The number of nitrogens with zero attached hydrogens (tertiary/aromatic N) is 1. The number of hydrogen-bond donors (Lipinski definition) is 1. The van der Waals surface area contributed by atoms with Crippen LogP contribution in [0, 0.1) is 5.41 Å². The Kier molecular flexibility index (Phi) is 5.85. The van der Waals surface area contributed by atoms with E-state index in [0.717, 1.165) is 6.42 Å². The molecule has 1 unspecified atom stereocenters. The Labute approximate surface area is 79.3 Å². The molecule has 0 saturated heterocycles. The van der Waals surface area contributed by atoms with E-state index in [-0.39, 0.29) is 12.0 Å². The van der Waals surface area contributed by atoms with Crippen LogP contribution in [0.1, 0.15) is 19.8 Å². The highest BCUT2D eigenvalue weighted by Crippen LogP contribution is 2.13. The van der Waals surface area contributed by atoms with Crippen molar-refractivity contribution in [3.63, 3.8) is 0 Å². The van der Waals surface area contributed by atoms with Gasteiger partial charge in [-0.15, -0.1) is 0 Å². The Balaban J connectivity index is 4.33. The third kappa shape index (κ3) is 3.87. The minimum atomic E-state index is -0.302. The van der Waals surface area contributed by atoms with Gasteiger partial charge in [0.2, 0.25) is 0 Å². The molecule has 1 atom stereocenters. The largest absolute Gasteiger partial charge is 0.348 e. The molecule has 0 radical (unpaired) electrons. The van der Waals surface area contributed by atoms with Gasteiger partial charge in [0.15, 0.2) is 5.95 Å². The van der Waals surface area contributed by atoms with Crippen LogP contribution in [0.5, 0.6) is 0 Å². The first-order chi connectivity index (χ1) is 6.17. The Hall–Kier alpha value is -1.12. The SMILES string of the molecule is C=C/C=C(/F)N(C)C(CC)CC=N. The van der Waals surface area contributed by atoms with Crippen LogP contribution in [0.3, 0.4) is 0 Å². The first kappa shape index (κ1) is 11.9. The van der Waals surface area contributed by atoms with Crippen LogP contribution in [0.25, 0.3) is 0 Å². The smallest absolute Gasteiger partial charge is 0.189 e. The fourth-order valence-corrected chi connectivity index (χ4v) is 1.12. The Morgan fingerprint density at radius 2 is 2.31 bits per heavy atom. The van der Waals surface area contributed by atoms with Gasteiger partial charge in [-0.1, -0.05) is 19.6 Å². The maximum absolute atomic E-state index is 13.2. The van der Waals surface area contributed by atoms with Crippen molar-refractivity contribution < 1.29 is 4.39 Å². The lowest BCUT2D eigenvalue weighted by atomic mass is 10.1. The van der Waals surface area contributed by atoms with Gasteiger partial charge < -0.3 is 10.3 Å². The van der Waals surface area contributed by atoms with Crippen LogP contribution in [-0.2, 0) is 0 Å². The second-order valence-electron chi connectivity index (χ2n) is 2.84. The summed E-state index contributed by atoms with van der Waals surface area (Å²) in [6.07, 6.45) is 5.46. The molecule has 0 heterocycles. The van der Waals surface area contributed by atoms with Crippen molar-refractivity contribution in [2.24, 2.45) is 0 Å². The van der Waals surface area contributed by atoms with Gasteiger partial charge >= 0.3 is 0 Å². The summed E-state index contributed by atoms with van der Waals surface area (Å²) in [5.41, 5.74) is 0. The molecule has 3 heteroatoms. The molecule has 13 heavy (non-hydrogen) atoms. The van der Waals surface area contributed by atoms with E-state index in [0.29, 0.717) is 6.42 Å². The molecule has 0 aliphatic heterocycles. The predicted molar refractivity (Wildman–Crippen MR) is 54.6 cm³/mol. The average Bonchev–Trinajstić information content (AvgIpc) is 2.13. The zero-order valence-electron chi connectivity index (χ0n) is 8.26. The molecule has 2 nitrogen and oxygen atoms in total. The molecule has 0 aromatic carbocycles. The maximum Gasteiger partial charge on any atom is 0.189 e. The zero-order valence-corrected chi connectivity index (χ0v) is 8.26. The van der Waals surface area contributed by atoms with Crippen LogP contribution >= 0.6 is 0 Å². The van der Waals surface area contributed by atoms with E-state index in [1.807, 2.05) is 6.92 Å². The van der Waals surface area contributed by atoms with Crippen LogP contribution in [0.15, 0.2) is 24.7 Å². The Bertz CT molecular complexity index is 199. The minimum Gasteiger partial charge on any atom is -0.348 e. The number of allylic oxidation sites excluding steroid dienone is 2. The normalized spacial score (nSPS) is 13.6. The van der Waals surface area contributed by atoms with Gasteiger partial charge in [0, 0.05) is 19.5 Å². The van der Waals surface area contributed by atoms with Gasteiger partial charge in [0.05, 0.1) is 0 Å². The van der Waals surface area contributed by atoms with Crippen molar-refractivity contribution in [3.05, 3.63) is 24.7 Å². The quantitative estimate of drug-likeness (QED) is 0.383. The molecule has 0 saturated carbocycles. The summed E-state index contributed by atoms with van der Waals surface area (Å²) in [7, 11) is 1.69. The first-order valence-electron chi connectivity index (χ1n) is 4.37. The third-order valence-corrected chi connectivity index (χ3v) is 2.00. The monoisotopic (exact) mass is 184 g/mol. The number of halogens is 1. The Morgan fingerprint density at radius 1 is 1.69 bits per heavy atom. The van der Waals surface area contributed by atoms with E-state index >= 15 is 0 Å². The summed E-state index contributed by atoms with van der Waals surface area (Å²) in [4.78, 5) is 1.53. The third-order valence-electron chi connectivity index (χ3n) is 2.00. The minimum absolute atomic E-state index is 0.0636. The summed E-state index contributed by atoms with van der Waals surface area (Å²) in [5, 5.41) is 6.96. The standard InChI is InChI=1S/C10H17FN2/c1-4-6-10(11)13(3)9(5-2)7-8-12/h4,6,8-9,12H,1,5,7H2,2-3H3/b10-6-,12-8?. The zero-order chi connectivity index (χ0) is 10.3. The van der Waals surface area contributed by atoms with Crippen LogP contribution < -0.4 is 0 Å². The topological polar surface area (TPSA) is 27.1 Å². The van der Waals surface area contributed by atoms with E-state index in [1.54, 1.807) is 7.05 Å². The average molecular weight is 184 g/mol. The first-order valence-corrected chi connectivity index (χ1v) is 4.37. The van der Waals surface area contributed by atoms with E-state index in [1.165, 1.54) is 23.3 Å². The van der Waals surface area contributed by atoms with Crippen molar-refractivity contribution in [1.29, 1.82) is 5.41 Å². The van der Waals surface area contributed by atoms with E-state index < -0.39 is 0 Å². The van der Waals surface area contributed by atoms with Crippen molar-refractivity contribution in [2.45, 2.75) is 25.8 Å². The lowest BCUT2D eigenvalue weighted by molar-refractivity contribution is 0.241. The molecule has 0 spiro atoms. The molecule has 74 valence electrons. The number of rotatable bonds is 6. The maximum atomic E-state index is 13.2. The highest BCUT2D eigenvalue weighted by atomic mass is 19.1. The molecule has 0 amide bonds. The van der Waals surface area contributed by atoms with E-state index in [4.69, 9.17) is 5.41 Å². The summed E-state index contributed by atoms with van der Waals surface area (Å²) < 4.78 is 13.2. The molecule has 0 aromatic rings. The second kappa shape index (κ2) is 6.40. The van der Waals surface area contributed by atoms with E-state index in [9.17, 15) is 4.39 Å². The predicted octanol–water partition coefficient (Wildman–Crippen LogP) is 2.73. The van der Waals surface area contributed by atoms with Gasteiger partial charge in [0.1, 0.15) is 0 Å². The fourth-order valence-electron chi connectivity index (χ4n) is 1.12. The van der Waals surface area contributed by atoms with Gasteiger partial charge in [0.25, 0.3) is 0 Å². The molecule has 1 N–H and O–H groups in total. The summed E-state index contributed by atoms with van der Waals surface area (Å²) >= 11 is 0. The van der Waals surface area contributed by atoms with Gasteiger partial charge in [-0.2, -0.15) is 4.39 Å². The van der Waals surface area contributed by atoms with Gasteiger partial charge in [-0.3, -0.25) is 0 Å². The van der Waals surface area contributed by atoms with Crippen LogP contribution in [-0.4, -0.2) is 24.2 Å². The van der Waals surface area contributed by atoms with Crippen LogP contribution in [0.2, 0.25) is 0 Å². The molecule has 0 fully saturated rings. The lowest BCUT2D eigenvalue weighted by Gasteiger charge is -2.25. The number of nitrogens with one attached hydrogen (secondary N) is 1. The lowest BCUT2D eigenvalue weighted by Crippen LogP contribution is -2.29. The van der Waals surface area contributed by atoms with Crippen molar-refractivity contribution in [1.82, 2.24) is 4.90 Å². The van der Waals surface area contributed by atoms with Crippen molar-refractivity contribution in [3.8, 4) is 0 Å². The molecule has 0 rings (SSSR count). The molecule has 0 aromatic heterocycles. The second-order valence-corrected chi connectivity index (χ2v) is 2.84. The highest BCUT2D eigenvalue weighted by molar-refractivity contribution is 5.53. The summed E-state index contributed by atoms with van der Waals surface area (Å²) in [6.45, 7) is 5.40. The molecular formula is C10H17FN2. The van der Waals surface area contributed by atoms with Crippen LogP contribution in [0.4, 0.5) is 4.39 Å². The van der Waals surface area contributed by atoms with Gasteiger partial charge in [-0.25, -0.2) is 0 Å². The fraction of sp³-hybridized carbons (Fsp3) is 0.500. The van der Waals surface area contributed by atoms with E-state index in [2.05, 4.69) is 6.58 Å². The van der Waals surface area contributed by atoms with Gasteiger partial charge in [-0.05, 0) is 18.7 Å². The molecule has 0 aliphatic rings. The molecule has 0 bridgehead atoms. The summed E-state index contributed by atoms with van der Waals surface area (Å²) in [6, 6.07) is 0.0636. The summed E-state index contributed by atoms with van der Waals surface area (Å²) in [5.74, 6) is -0.302.